The van der Waals surface area contributed by atoms with E-state index in [9.17, 15) is 15.0 Å². The third-order valence-electron chi connectivity index (χ3n) is 9.23. The number of likely N-dealkylation sites (tertiary alicyclic amines) is 2. The number of rotatable bonds is 4. The average Bonchev–Trinajstić information content (AvgIpc) is 3.46. The maximum absolute atomic E-state index is 13.4. The first-order valence-corrected chi connectivity index (χ1v) is 12.6. The van der Waals surface area contributed by atoms with Crippen molar-refractivity contribution in [1.29, 1.82) is 0 Å². The van der Waals surface area contributed by atoms with E-state index in [-0.39, 0.29) is 30.2 Å². The second-order valence-corrected chi connectivity index (χ2v) is 11.2. The fourth-order valence-electron chi connectivity index (χ4n) is 7.46. The van der Waals surface area contributed by atoms with Gasteiger partial charge >= 0.3 is 0 Å². The summed E-state index contributed by atoms with van der Waals surface area (Å²) in [5, 5.41) is 23.3. The molecule has 1 saturated carbocycles. The number of ether oxygens (including phenoxy) is 1. The quantitative estimate of drug-likeness (QED) is 0.710. The minimum Gasteiger partial charge on any atom is -0.504 e. The maximum atomic E-state index is 13.4. The van der Waals surface area contributed by atoms with Gasteiger partial charge in [-0.3, -0.25) is 9.69 Å². The fraction of sp³-hybridized carbons (Fsp3) is 0.615. The lowest BCUT2D eigenvalue weighted by Gasteiger charge is -2.60. The van der Waals surface area contributed by atoms with Crippen LogP contribution in [-0.4, -0.2) is 79.4 Å². The van der Waals surface area contributed by atoms with E-state index in [1.54, 1.807) is 12.4 Å². The smallest absolute Gasteiger partial charge is 0.228 e. The fourth-order valence-corrected chi connectivity index (χ4v) is 7.46. The van der Waals surface area contributed by atoms with Gasteiger partial charge in [-0.15, -0.1) is 0 Å². The van der Waals surface area contributed by atoms with Gasteiger partial charge in [-0.05, 0) is 56.2 Å². The van der Waals surface area contributed by atoms with Crippen molar-refractivity contribution in [1.82, 2.24) is 19.4 Å². The van der Waals surface area contributed by atoms with Gasteiger partial charge in [0.05, 0.1) is 36.0 Å². The molecule has 0 unspecified atom stereocenters. The lowest BCUT2D eigenvalue weighted by Crippen LogP contribution is -2.74. The van der Waals surface area contributed by atoms with E-state index >= 15 is 0 Å². The average molecular weight is 465 g/mol. The number of aryl methyl sites for hydroxylation is 1. The zero-order valence-corrected chi connectivity index (χ0v) is 19.6. The van der Waals surface area contributed by atoms with Gasteiger partial charge in [-0.25, -0.2) is 4.98 Å². The van der Waals surface area contributed by atoms with Gasteiger partial charge in [0.1, 0.15) is 6.10 Å². The molecule has 2 saturated heterocycles. The molecule has 2 aromatic rings. The SMILES string of the molecule is Cn1cnc(CC(=O)N2CC[C@@]3(O)[C@H]4Cc5ccc(O)c6c5[C@@]3(CCN4CC3CC3)[C@H](C2)O6)c1. The van der Waals surface area contributed by atoms with Gasteiger partial charge in [0.25, 0.3) is 0 Å². The molecule has 3 fully saturated rings. The minimum absolute atomic E-state index is 0.00165. The van der Waals surface area contributed by atoms with Crippen LogP contribution in [0, 0.1) is 5.92 Å². The Hall–Kier alpha value is -2.58. The van der Waals surface area contributed by atoms with Crippen LogP contribution < -0.4 is 4.74 Å². The first-order chi connectivity index (χ1) is 16.4. The number of carbonyl (C=O) groups is 1. The van der Waals surface area contributed by atoms with Gasteiger partial charge in [0, 0.05) is 37.9 Å². The van der Waals surface area contributed by atoms with Crippen molar-refractivity contribution in [2.45, 2.75) is 61.7 Å². The number of aromatic nitrogens is 2. The molecular formula is C26H32N4O4. The van der Waals surface area contributed by atoms with E-state index in [0.29, 0.717) is 25.3 Å². The summed E-state index contributed by atoms with van der Waals surface area (Å²) in [5.41, 5.74) is 1.33. The van der Waals surface area contributed by atoms with Crippen LogP contribution in [0.5, 0.6) is 11.5 Å². The van der Waals surface area contributed by atoms with Gasteiger partial charge in [-0.2, -0.15) is 0 Å². The topological polar surface area (TPSA) is 91.1 Å². The van der Waals surface area contributed by atoms with Crippen molar-refractivity contribution >= 4 is 5.91 Å². The molecular weight excluding hydrogens is 432 g/mol. The molecule has 8 heteroatoms. The van der Waals surface area contributed by atoms with E-state index in [1.807, 2.05) is 28.8 Å². The number of hydrogen-bond acceptors (Lipinski definition) is 6. The highest BCUT2D eigenvalue weighted by Gasteiger charge is 2.71. The summed E-state index contributed by atoms with van der Waals surface area (Å²) in [6.07, 6.45) is 8.05. The van der Waals surface area contributed by atoms with E-state index in [2.05, 4.69) is 9.88 Å². The van der Waals surface area contributed by atoms with Crippen molar-refractivity contribution in [2.24, 2.45) is 13.0 Å². The first-order valence-electron chi connectivity index (χ1n) is 12.6. The van der Waals surface area contributed by atoms with Crippen LogP contribution in [0.2, 0.25) is 0 Å². The Bertz CT molecular complexity index is 1180. The van der Waals surface area contributed by atoms with Crippen molar-refractivity contribution in [2.75, 3.05) is 26.2 Å². The number of nitrogens with zero attached hydrogens (tertiary/aromatic N) is 4. The largest absolute Gasteiger partial charge is 0.504 e. The van der Waals surface area contributed by atoms with Crippen LogP contribution in [0.3, 0.4) is 0 Å². The van der Waals surface area contributed by atoms with Crippen LogP contribution in [0.25, 0.3) is 0 Å². The monoisotopic (exact) mass is 464 g/mol. The molecule has 34 heavy (non-hydrogen) atoms. The van der Waals surface area contributed by atoms with Crippen LogP contribution in [0.4, 0.5) is 0 Å². The minimum atomic E-state index is -1.00. The molecule has 2 N–H and O–H groups in total. The molecule has 2 aliphatic carbocycles. The highest BCUT2D eigenvalue weighted by atomic mass is 16.5. The third-order valence-corrected chi connectivity index (χ3v) is 9.23. The number of carbonyl (C=O) groups excluding carboxylic acids is 1. The number of amides is 1. The molecule has 2 bridgehead atoms. The summed E-state index contributed by atoms with van der Waals surface area (Å²) in [5.74, 6) is 1.40. The van der Waals surface area contributed by atoms with E-state index in [1.165, 1.54) is 18.4 Å². The summed E-state index contributed by atoms with van der Waals surface area (Å²) < 4.78 is 8.32. The summed E-state index contributed by atoms with van der Waals surface area (Å²) in [6, 6.07) is 3.75. The van der Waals surface area contributed by atoms with Crippen LogP contribution in [0.15, 0.2) is 24.7 Å². The van der Waals surface area contributed by atoms with Crippen molar-refractivity contribution in [3.63, 3.8) is 0 Å². The molecule has 1 spiro atoms. The molecule has 4 atom stereocenters. The third kappa shape index (κ3) is 2.72. The molecule has 3 aliphatic heterocycles. The van der Waals surface area contributed by atoms with E-state index in [0.717, 1.165) is 43.1 Å². The number of piperidine rings is 1. The first kappa shape index (κ1) is 20.8. The molecule has 180 valence electrons. The summed E-state index contributed by atoms with van der Waals surface area (Å²) in [7, 11) is 1.90. The maximum Gasteiger partial charge on any atom is 0.228 e. The standard InChI is InChI=1S/C26H32N4O4/c1-28-13-18(27-15-28)11-22(32)30-9-7-26(33)20-10-17-4-5-19(31)24-23(17)25(26,21(14-30)34-24)6-8-29(20)12-16-2-3-16/h4-5,13,15-16,20-21,31,33H,2-3,6-12,14H2,1H3/t20-,21+,25-,26-/m1/s1. The molecule has 0 radical (unpaired) electrons. The van der Waals surface area contributed by atoms with Crippen molar-refractivity contribution in [3.05, 3.63) is 41.5 Å². The van der Waals surface area contributed by atoms with Crippen molar-refractivity contribution in [3.8, 4) is 11.5 Å². The molecule has 8 nitrogen and oxygen atoms in total. The molecule has 4 heterocycles. The number of hydrogen-bond donors (Lipinski definition) is 2. The second kappa shape index (κ2) is 6.98. The number of phenols is 1. The highest BCUT2D eigenvalue weighted by molar-refractivity contribution is 5.78. The van der Waals surface area contributed by atoms with Crippen LogP contribution in [0.1, 0.15) is 42.5 Å². The van der Waals surface area contributed by atoms with Gasteiger partial charge in [0.2, 0.25) is 5.91 Å². The van der Waals surface area contributed by atoms with Gasteiger partial charge in [-0.1, -0.05) is 6.07 Å². The Morgan fingerprint density at radius 3 is 2.88 bits per heavy atom. The number of phenolic OH excluding ortho intramolecular Hbond substituents is 1. The lowest BCUT2D eigenvalue weighted by molar-refractivity contribution is -0.162. The summed E-state index contributed by atoms with van der Waals surface area (Å²) in [6.45, 7) is 2.87. The van der Waals surface area contributed by atoms with Crippen LogP contribution >= 0.6 is 0 Å². The Kier molecular flexibility index (Phi) is 4.26. The van der Waals surface area contributed by atoms with E-state index < -0.39 is 11.0 Å². The Morgan fingerprint density at radius 1 is 1.26 bits per heavy atom. The van der Waals surface area contributed by atoms with Gasteiger partial charge in [0.15, 0.2) is 11.5 Å². The van der Waals surface area contributed by atoms with Crippen LogP contribution in [-0.2, 0) is 30.1 Å². The number of aromatic hydroxyl groups is 1. The predicted octanol–water partition coefficient (Wildman–Crippen LogP) is 1.37. The van der Waals surface area contributed by atoms with Gasteiger partial charge < -0.3 is 24.4 Å². The van der Waals surface area contributed by atoms with E-state index in [4.69, 9.17) is 4.74 Å². The second-order valence-electron chi connectivity index (χ2n) is 11.2. The summed E-state index contributed by atoms with van der Waals surface area (Å²) >= 11 is 0. The zero-order valence-electron chi connectivity index (χ0n) is 19.6. The molecule has 5 aliphatic rings. The Balaban J connectivity index is 1.29. The van der Waals surface area contributed by atoms with Crippen molar-refractivity contribution < 1.29 is 19.7 Å². The lowest BCUT2D eigenvalue weighted by atomic mass is 9.52. The molecule has 1 aromatic carbocycles. The number of aliphatic hydroxyl groups is 1. The summed E-state index contributed by atoms with van der Waals surface area (Å²) in [4.78, 5) is 22.1. The highest BCUT2D eigenvalue weighted by Crippen LogP contribution is 2.63. The zero-order chi connectivity index (χ0) is 23.2. The molecule has 1 amide bonds. The predicted molar refractivity (Wildman–Crippen MR) is 124 cm³/mol. The molecule has 7 rings (SSSR count). The Labute approximate surface area is 199 Å². The Morgan fingerprint density at radius 2 is 2.12 bits per heavy atom. The number of imidazole rings is 1. The normalized spacial score (nSPS) is 33.9. The molecule has 1 aromatic heterocycles. The number of benzene rings is 1.